The van der Waals surface area contributed by atoms with Gasteiger partial charge in [0.25, 0.3) is 0 Å². The Morgan fingerprint density at radius 3 is 2.71 bits per heavy atom. The normalized spacial score (nSPS) is 17.5. The Balaban J connectivity index is 1.62. The predicted octanol–water partition coefficient (Wildman–Crippen LogP) is 1.86. The standard InChI is InChI=1S/C12H20N2O2S/c1-10-11(2)16-12(13-10)9-17-8-5-14-3-6-15-7-4-14/h3-9H2,1-2H3. The summed E-state index contributed by atoms with van der Waals surface area (Å²) in [5.74, 6) is 3.79. The Morgan fingerprint density at radius 2 is 2.06 bits per heavy atom. The SMILES string of the molecule is Cc1nc(CSCCN2CCOCC2)oc1C. The van der Waals surface area contributed by atoms with Crippen molar-refractivity contribution in [3.8, 4) is 0 Å². The van der Waals surface area contributed by atoms with E-state index in [0.29, 0.717) is 0 Å². The quantitative estimate of drug-likeness (QED) is 0.752. The fourth-order valence-electron chi connectivity index (χ4n) is 1.78. The number of morpholine rings is 1. The van der Waals surface area contributed by atoms with Crippen LogP contribution in [0.1, 0.15) is 17.3 Å². The van der Waals surface area contributed by atoms with Gasteiger partial charge in [0.2, 0.25) is 5.89 Å². The molecule has 0 atom stereocenters. The van der Waals surface area contributed by atoms with Crippen LogP contribution in [0, 0.1) is 13.8 Å². The summed E-state index contributed by atoms with van der Waals surface area (Å²) in [6.07, 6.45) is 0. The van der Waals surface area contributed by atoms with E-state index in [1.54, 1.807) is 0 Å². The van der Waals surface area contributed by atoms with Gasteiger partial charge in [-0.1, -0.05) is 0 Å². The summed E-state index contributed by atoms with van der Waals surface area (Å²) in [7, 11) is 0. The predicted molar refractivity (Wildman–Crippen MR) is 69.4 cm³/mol. The molecule has 0 N–H and O–H groups in total. The summed E-state index contributed by atoms with van der Waals surface area (Å²) in [6, 6.07) is 0. The third kappa shape index (κ3) is 4.01. The average Bonchev–Trinajstić information content (AvgIpc) is 2.66. The van der Waals surface area contributed by atoms with Crippen LogP contribution < -0.4 is 0 Å². The van der Waals surface area contributed by atoms with Crippen molar-refractivity contribution < 1.29 is 9.15 Å². The minimum Gasteiger partial charge on any atom is -0.445 e. The number of hydrogen-bond acceptors (Lipinski definition) is 5. The largest absolute Gasteiger partial charge is 0.445 e. The van der Waals surface area contributed by atoms with Crippen molar-refractivity contribution in [3.63, 3.8) is 0 Å². The first kappa shape index (κ1) is 12.9. The molecule has 0 unspecified atom stereocenters. The molecule has 2 heterocycles. The van der Waals surface area contributed by atoms with E-state index in [0.717, 1.165) is 61.7 Å². The minimum absolute atomic E-state index is 0.854. The van der Waals surface area contributed by atoms with Gasteiger partial charge in [-0.15, -0.1) is 0 Å². The molecule has 2 rings (SSSR count). The lowest BCUT2D eigenvalue weighted by atomic mass is 10.4. The number of hydrogen-bond donors (Lipinski definition) is 0. The molecule has 5 heteroatoms. The van der Waals surface area contributed by atoms with Crippen LogP contribution in [0.4, 0.5) is 0 Å². The fraction of sp³-hybridized carbons (Fsp3) is 0.750. The first-order valence-corrected chi connectivity index (χ1v) is 7.22. The zero-order valence-corrected chi connectivity index (χ0v) is 11.4. The van der Waals surface area contributed by atoms with E-state index in [-0.39, 0.29) is 0 Å². The Kier molecular flexibility index (Phi) is 4.88. The molecule has 0 saturated carbocycles. The van der Waals surface area contributed by atoms with Gasteiger partial charge in [-0.05, 0) is 13.8 Å². The van der Waals surface area contributed by atoms with Gasteiger partial charge in [0.05, 0.1) is 24.7 Å². The van der Waals surface area contributed by atoms with Crippen molar-refractivity contribution in [1.29, 1.82) is 0 Å². The molecule has 1 aromatic heterocycles. The molecule has 1 fully saturated rings. The van der Waals surface area contributed by atoms with Gasteiger partial charge in [-0.2, -0.15) is 11.8 Å². The highest BCUT2D eigenvalue weighted by Gasteiger charge is 2.10. The van der Waals surface area contributed by atoms with E-state index in [2.05, 4.69) is 9.88 Å². The summed E-state index contributed by atoms with van der Waals surface area (Å²) in [6.45, 7) is 8.97. The van der Waals surface area contributed by atoms with Crippen LogP contribution >= 0.6 is 11.8 Å². The zero-order chi connectivity index (χ0) is 12.1. The topological polar surface area (TPSA) is 38.5 Å². The maximum atomic E-state index is 5.54. The smallest absolute Gasteiger partial charge is 0.204 e. The van der Waals surface area contributed by atoms with Crippen LogP contribution in [0.5, 0.6) is 0 Å². The maximum absolute atomic E-state index is 5.54. The number of aromatic nitrogens is 1. The second-order valence-electron chi connectivity index (χ2n) is 4.26. The molecule has 1 aliphatic heterocycles. The van der Waals surface area contributed by atoms with Gasteiger partial charge >= 0.3 is 0 Å². The summed E-state index contributed by atoms with van der Waals surface area (Å²) >= 11 is 1.88. The highest BCUT2D eigenvalue weighted by Crippen LogP contribution is 2.15. The molecule has 0 aliphatic carbocycles. The van der Waals surface area contributed by atoms with Crippen LogP contribution in [0.25, 0.3) is 0 Å². The molecule has 4 nitrogen and oxygen atoms in total. The van der Waals surface area contributed by atoms with Crippen molar-refractivity contribution in [2.75, 3.05) is 38.6 Å². The summed E-state index contributed by atoms with van der Waals surface area (Å²) in [4.78, 5) is 6.82. The van der Waals surface area contributed by atoms with Gasteiger partial charge < -0.3 is 9.15 Å². The lowest BCUT2D eigenvalue weighted by Crippen LogP contribution is -2.37. The van der Waals surface area contributed by atoms with Crippen molar-refractivity contribution in [2.45, 2.75) is 19.6 Å². The van der Waals surface area contributed by atoms with E-state index in [9.17, 15) is 0 Å². The number of aryl methyl sites for hydroxylation is 2. The molecule has 1 aliphatic rings. The van der Waals surface area contributed by atoms with E-state index < -0.39 is 0 Å². The molecule has 0 aromatic carbocycles. The number of ether oxygens (including phenoxy) is 1. The zero-order valence-electron chi connectivity index (χ0n) is 10.6. The average molecular weight is 256 g/mol. The molecule has 0 spiro atoms. The van der Waals surface area contributed by atoms with Gasteiger partial charge in [0.1, 0.15) is 5.76 Å². The van der Waals surface area contributed by atoms with Crippen LogP contribution in [-0.2, 0) is 10.5 Å². The molecule has 1 saturated heterocycles. The third-order valence-corrected chi connectivity index (χ3v) is 3.88. The van der Waals surface area contributed by atoms with Gasteiger partial charge in [0, 0.05) is 25.4 Å². The molecule has 0 radical (unpaired) electrons. The molecular weight excluding hydrogens is 236 g/mol. The second kappa shape index (κ2) is 6.42. The van der Waals surface area contributed by atoms with Gasteiger partial charge in [-0.3, -0.25) is 4.90 Å². The summed E-state index contributed by atoms with van der Waals surface area (Å²) in [5, 5.41) is 0. The van der Waals surface area contributed by atoms with E-state index in [4.69, 9.17) is 9.15 Å². The molecule has 0 amide bonds. The molecule has 17 heavy (non-hydrogen) atoms. The van der Waals surface area contributed by atoms with Crippen LogP contribution in [0.3, 0.4) is 0 Å². The van der Waals surface area contributed by atoms with Gasteiger partial charge in [0.15, 0.2) is 0 Å². The second-order valence-corrected chi connectivity index (χ2v) is 5.36. The van der Waals surface area contributed by atoms with Crippen molar-refractivity contribution in [1.82, 2.24) is 9.88 Å². The number of thioether (sulfide) groups is 1. The molecule has 1 aromatic rings. The first-order valence-electron chi connectivity index (χ1n) is 6.06. The Bertz CT molecular complexity index is 329. The Morgan fingerprint density at radius 1 is 1.29 bits per heavy atom. The molecule has 0 bridgehead atoms. The van der Waals surface area contributed by atoms with Crippen molar-refractivity contribution in [2.24, 2.45) is 0 Å². The highest BCUT2D eigenvalue weighted by atomic mass is 32.2. The van der Waals surface area contributed by atoms with Crippen molar-refractivity contribution >= 4 is 11.8 Å². The van der Waals surface area contributed by atoms with Crippen LogP contribution in [-0.4, -0.2) is 48.5 Å². The molecular formula is C12H20N2O2S. The summed E-state index contributed by atoms with van der Waals surface area (Å²) in [5.41, 5.74) is 1.01. The van der Waals surface area contributed by atoms with Crippen molar-refractivity contribution in [3.05, 3.63) is 17.3 Å². The van der Waals surface area contributed by atoms with E-state index in [1.807, 2.05) is 25.6 Å². The number of oxazole rings is 1. The maximum Gasteiger partial charge on any atom is 0.204 e. The van der Waals surface area contributed by atoms with Crippen LogP contribution in [0.15, 0.2) is 4.42 Å². The van der Waals surface area contributed by atoms with E-state index in [1.165, 1.54) is 0 Å². The first-order chi connectivity index (χ1) is 8.25. The van der Waals surface area contributed by atoms with Crippen LogP contribution in [0.2, 0.25) is 0 Å². The summed E-state index contributed by atoms with van der Waals surface area (Å²) < 4.78 is 10.9. The van der Waals surface area contributed by atoms with E-state index >= 15 is 0 Å². The fourth-order valence-corrected chi connectivity index (χ4v) is 2.61. The lowest BCUT2D eigenvalue weighted by molar-refractivity contribution is 0.0410. The molecule has 96 valence electrons. The lowest BCUT2D eigenvalue weighted by Gasteiger charge is -2.26. The monoisotopic (exact) mass is 256 g/mol. The van der Waals surface area contributed by atoms with Gasteiger partial charge in [-0.25, -0.2) is 4.98 Å². The Hall–Kier alpha value is -0.520. The highest BCUT2D eigenvalue weighted by molar-refractivity contribution is 7.98. The third-order valence-electron chi connectivity index (χ3n) is 2.95. The number of nitrogens with zero attached hydrogens (tertiary/aromatic N) is 2. The number of rotatable bonds is 5. The minimum atomic E-state index is 0.854. The Labute approximate surface area is 107 Å².